The molecule has 8 rings (SSSR count). The van der Waals surface area contributed by atoms with E-state index < -0.39 is 124 Å². The normalized spacial score (nSPS) is 21.3. The van der Waals surface area contributed by atoms with Crippen molar-refractivity contribution in [3.63, 3.8) is 0 Å². The van der Waals surface area contributed by atoms with E-state index in [2.05, 4.69) is 11.1 Å². The van der Waals surface area contributed by atoms with Gasteiger partial charge >= 0.3 is 0 Å². The Morgan fingerprint density at radius 3 is 1.92 bits per heavy atom. The molecule has 0 aliphatic carbocycles. The molecule has 0 saturated heterocycles. The molecule has 5 heteroatoms. The maximum atomic E-state index is 13.1. The number of nitrogens with zero attached hydrogens (tertiary/aromatic N) is 3. The number of aromatic nitrogens is 3. The predicted octanol–water partition coefficient (Wildman–Crippen LogP) is 15.8. The quantitative estimate of drug-likeness (QED) is 0.169. The van der Waals surface area contributed by atoms with Gasteiger partial charge in [-0.1, -0.05) is 184 Å². The minimum Gasteiger partial charge on any atom is -0.507 e. The Bertz CT molecular complexity index is 4010. The second-order valence-electron chi connectivity index (χ2n) is 16.7. The van der Waals surface area contributed by atoms with Crippen LogP contribution >= 0.6 is 0 Å². The molecule has 0 bridgehead atoms. The summed E-state index contributed by atoms with van der Waals surface area (Å²) in [6.07, 6.45) is 1.52. The van der Waals surface area contributed by atoms with Crippen LogP contribution in [0.25, 0.3) is 72.7 Å². The van der Waals surface area contributed by atoms with E-state index >= 15 is 0 Å². The number of hydrogen-bond acceptors (Lipinski definition) is 3. The summed E-state index contributed by atoms with van der Waals surface area (Å²) in [4.78, 5) is 9.70. The molecule has 64 heavy (non-hydrogen) atoms. The number of aryl methyl sites for hydroxylation is 1. The number of rotatable bonds is 6. The van der Waals surface area contributed by atoms with Crippen LogP contribution in [0, 0.1) is 12.9 Å². The molecule has 1 N–H and O–H groups in total. The van der Waals surface area contributed by atoms with Crippen LogP contribution in [-0.4, -0.2) is 19.6 Å². The Balaban J connectivity index is 0.0000125. The average molecular weight is 1050 g/mol. The van der Waals surface area contributed by atoms with Crippen LogP contribution in [0.5, 0.6) is 5.75 Å². The van der Waals surface area contributed by atoms with Gasteiger partial charge < -0.3 is 5.11 Å². The van der Waals surface area contributed by atoms with Crippen molar-refractivity contribution in [3.8, 4) is 67.5 Å². The third kappa shape index (κ3) is 9.18. The molecule has 0 spiro atoms. The summed E-state index contributed by atoms with van der Waals surface area (Å²) < 4.78 is 261. The van der Waals surface area contributed by atoms with E-state index in [4.69, 9.17) is 46.1 Å². The van der Waals surface area contributed by atoms with Crippen LogP contribution in [0.3, 0.4) is 0 Å². The van der Waals surface area contributed by atoms with Gasteiger partial charge in [0.15, 0.2) is 0 Å². The Kier molecular flexibility index (Phi) is 5.77. The van der Waals surface area contributed by atoms with E-state index in [1.807, 2.05) is 26.8 Å². The van der Waals surface area contributed by atoms with Crippen molar-refractivity contribution in [1.29, 1.82) is 0 Å². The number of hydrogen-bond donors (Lipinski definition) is 1. The number of imidazole rings is 1. The Morgan fingerprint density at radius 2 is 1.23 bits per heavy atom. The van der Waals surface area contributed by atoms with Gasteiger partial charge in [0.2, 0.25) is 0 Å². The van der Waals surface area contributed by atoms with Crippen molar-refractivity contribution in [3.05, 3.63) is 167 Å². The van der Waals surface area contributed by atoms with Gasteiger partial charge in [-0.3, -0.25) is 9.55 Å². The summed E-state index contributed by atoms with van der Waals surface area (Å²) >= 11 is 0. The first-order chi connectivity index (χ1) is 42.0. The first-order valence-corrected chi connectivity index (χ1v) is 19.8. The topological polar surface area (TPSA) is 50.9 Å². The number of phenols is 1. The smallest absolute Gasteiger partial charge is 0.148 e. The molecular weight excluding hydrogens is 962 g/mol. The first kappa shape index (κ1) is 21.6. The number of pyridine rings is 1. The Morgan fingerprint density at radius 1 is 0.562 bits per heavy atom. The molecule has 330 valence electrons. The van der Waals surface area contributed by atoms with Crippen molar-refractivity contribution in [2.24, 2.45) is 0 Å². The van der Waals surface area contributed by atoms with Gasteiger partial charge in [-0.2, -0.15) is 0 Å². The third-order valence-electron chi connectivity index (χ3n) is 10.9. The number of benzene rings is 6. The maximum absolute atomic E-state index is 13.1. The molecule has 0 aliphatic heterocycles. The summed E-state index contributed by atoms with van der Waals surface area (Å²) in [5.41, 5.74) is -15.4. The second-order valence-corrected chi connectivity index (χ2v) is 16.7. The van der Waals surface area contributed by atoms with Crippen LogP contribution in [0.4, 0.5) is 0 Å². The number of aromatic hydroxyl groups is 1. The molecular formula is C59H62N3OPt-. The fourth-order valence-electron chi connectivity index (χ4n) is 7.57. The van der Waals surface area contributed by atoms with E-state index in [1.165, 1.54) is 54.7 Å². The minimum atomic E-state index is -4.35. The fourth-order valence-corrected chi connectivity index (χ4v) is 7.57. The van der Waals surface area contributed by atoms with Crippen molar-refractivity contribution in [2.75, 3.05) is 0 Å². The van der Waals surface area contributed by atoms with Gasteiger partial charge in [-0.15, -0.1) is 29.3 Å². The van der Waals surface area contributed by atoms with Gasteiger partial charge in [0.05, 0.1) is 22.3 Å². The van der Waals surface area contributed by atoms with Crippen LogP contribution in [0.1, 0.15) is 151 Å². The molecule has 0 amide bonds. The van der Waals surface area contributed by atoms with Gasteiger partial charge in [0, 0.05) is 85.2 Å². The summed E-state index contributed by atoms with van der Waals surface area (Å²) in [6.45, 7) is -33.8. The summed E-state index contributed by atoms with van der Waals surface area (Å²) in [7, 11) is 0. The Hall–Kier alpha value is -5.57. The summed E-state index contributed by atoms with van der Waals surface area (Å²) in [6, 6.07) is 32.1. The van der Waals surface area contributed by atoms with Crippen molar-refractivity contribution in [2.45, 2.75) is 111 Å². The van der Waals surface area contributed by atoms with Crippen LogP contribution in [-0.2, 0) is 42.7 Å². The predicted molar refractivity (Wildman–Crippen MR) is 266 cm³/mol. The van der Waals surface area contributed by atoms with E-state index in [0.717, 1.165) is 22.8 Å². The molecule has 2 heterocycles. The summed E-state index contributed by atoms with van der Waals surface area (Å²) in [5, 5.41) is 13.1. The third-order valence-corrected chi connectivity index (χ3v) is 10.9. The zero-order valence-electron chi connectivity index (χ0n) is 64.8. The first-order valence-electron chi connectivity index (χ1n) is 34.8. The summed E-state index contributed by atoms with van der Waals surface area (Å²) in [5.74, 6) is -2.39. The van der Waals surface area contributed by atoms with Crippen LogP contribution in [0.15, 0.2) is 134 Å². The van der Waals surface area contributed by atoms with Crippen molar-refractivity contribution >= 4 is 11.0 Å². The largest absolute Gasteiger partial charge is 0.507 e. The molecule has 0 unspecified atom stereocenters. The molecule has 8 aromatic rings. The van der Waals surface area contributed by atoms with Gasteiger partial charge in [-0.25, -0.2) is 4.98 Å². The fraction of sp³-hybridized carbons (Fsp3) is 0.288. The van der Waals surface area contributed by atoms with E-state index in [0.29, 0.717) is 34.0 Å². The molecule has 4 nitrogen and oxygen atoms in total. The molecule has 0 saturated carbocycles. The maximum Gasteiger partial charge on any atom is 0.148 e. The van der Waals surface area contributed by atoms with Gasteiger partial charge in [-0.05, 0) is 86.7 Å². The number of fused-ring (bicyclic) bond motifs is 1. The number of phenolic OH excluding ortho intramolecular Hbond substituents is 1. The van der Waals surface area contributed by atoms with Crippen LogP contribution < -0.4 is 0 Å². The van der Waals surface area contributed by atoms with Crippen molar-refractivity contribution < 1.29 is 67.3 Å². The minimum absolute atomic E-state index is 0. The van der Waals surface area contributed by atoms with E-state index in [-0.39, 0.29) is 71.7 Å². The molecule has 0 aliphatic rings. The average Bonchev–Trinajstić information content (AvgIpc) is 0.924. The Labute approximate surface area is 438 Å². The molecule has 0 fully saturated rings. The zero-order chi connectivity index (χ0) is 70.2. The molecule has 6 aromatic carbocycles. The van der Waals surface area contributed by atoms with E-state index in [9.17, 15) is 5.11 Å². The van der Waals surface area contributed by atoms with Crippen molar-refractivity contribution in [1.82, 2.24) is 14.5 Å². The SMILES string of the molecule is [2H]C([2H])([2H])c1ccc(-c2ccnc(-c3[c-]c(-c4cccc5c4nc(-c4cc(C(C([2H])([2H])[2H])(C([2H])([2H])[2H])C([2H])([2H])[2H])cc(C(C([2H])([2H])[2H])(C([2H])([2H])[2H])C([2H])([2H])[2H])c4O)n5-c4ccc(C(C([2H])([2H])[2H])(C([2H])([2H])[2H])C([2H])([2H])[2H])cc4-c4ccccc4)cc(C(C)(C)C)c3)c2)cc1.[Pt]. The van der Waals surface area contributed by atoms with E-state index in [1.54, 1.807) is 42.5 Å². The monoisotopic (exact) mass is 1050 g/mol. The number of para-hydroxylation sites is 1. The molecule has 0 radical (unpaired) electrons. The molecule has 0 atom stereocenters. The van der Waals surface area contributed by atoms with Crippen LogP contribution in [0.2, 0.25) is 0 Å². The standard InChI is InChI=1S/C59H62N3O.Pt/c1-37-22-24-38(25-23-37)40-28-29-60-50(33-40)42-30-41(31-44(32-42)57(5,6)7)46-20-17-21-52-53(46)61-55(48-35-45(58(8,9)10)36-49(54(48)63)59(11,12)13)62(52)51-27-26-43(56(2,3)4)34-47(51)39-18-15-14-16-19-39;/h14-29,31-36,63H,1-13H3;/q-1;/i1D3,2D3,3D3,4D3,8D3,9D3,10D3,11D3,12D3,13D3;. The van der Waals surface area contributed by atoms with Gasteiger partial charge in [0.25, 0.3) is 0 Å². The second kappa shape index (κ2) is 17.1. The molecule has 2 aromatic heterocycles. The van der Waals surface area contributed by atoms with Gasteiger partial charge in [0.1, 0.15) is 11.6 Å². The zero-order valence-corrected chi connectivity index (χ0v) is 37.1.